The van der Waals surface area contributed by atoms with E-state index in [2.05, 4.69) is 72.8 Å². The van der Waals surface area contributed by atoms with Crippen LogP contribution in [0.5, 0.6) is 0 Å². The molecule has 122 valence electrons. The molecule has 3 aromatic rings. The number of hydrogen-bond acceptors (Lipinski definition) is 2. The molecule has 0 aromatic heterocycles. The van der Waals surface area contributed by atoms with Gasteiger partial charge in [0.25, 0.3) is 0 Å². The maximum atomic E-state index is 9.94. The molecule has 1 N–H and O–H groups in total. The Bertz CT molecular complexity index is 642. The average molecular weight is 334 g/mol. The highest BCUT2D eigenvalue weighted by Crippen LogP contribution is 2.48. The van der Waals surface area contributed by atoms with Crippen molar-refractivity contribution < 1.29 is 5.11 Å². The summed E-state index contributed by atoms with van der Waals surface area (Å²) in [5.74, 6) is 0.665. The molecule has 0 radical (unpaired) electrons. The van der Waals surface area contributed by atoms with E-state index in [1.54, 1.807) is 11.8 Å². The summed E-state index contributed by atoms with van der Waals surface area (Å²) in [6, 6.07) is 31.7. The van der Waals surface area contributed by atoms with Crippen LogP contribution in [0.1, 0.15) is 23.6 Å². The smallest absolute Gasteiger partial charge is 0.0907 e. The van der Waals surface area contributed by atoms with E-state index in [0.29, 0.717) is 5.75 Å². The van der Waals surface area contributed by atoms with Crippen LogP contribution >= 0.6 is 11.8 Å². The lowest BCUT2D eigenvalue weighted by molar-refractivity contribution is 0.220. The fourth-order valence-corrected chi connectivity index (χ4v) is 4.41. The molecule has 0 aliphatic carbocycles. The molecule has 3 aromatic carbocycles. The van der Waals surface area contributed by atoms with E-state index in [-0.39, 0.29) is 10.9 Å². The Morgan fingerprint density at radius 3 is 1.33 bits per heavy atom. The summed E-state index contributed by atoms with van der Waals surface area (Å²) in [4.78, 5) is 0. The molecule has 0 saturated carbocycles. The molecule has 0 saturated heterocycles. The third-order valence-corrected chi connectivity index (χ3v) is 5.87. The van der Waals surface area contributed by atoms with Crippen molar-refractivity contribution in [2.45, 2.75) is 17.8 Å². The molecule has 1 atom stereocenters. The summed E-state index contributed by atoms with van der Waals surface area (Å²) >= 11 is 1.79. The van der Waals surface area contributed by atoms with Gasteiger partial charge in [-0.25, -0.2) is 0 Å². The lowest BCUT2D eigenvalue weighted by Gasteiger charge is -2.36. The van der Waals surface area contributed by atoms with E-state index >= 15 is 0 Å². The third-order valence-electron chi connectivity index (χ3n) is 4.08. The maximum absolute atomic E-state index is 9.94. The van der Waals surface area contributed by atoms with Crippen molar-refractivity contribution in [2.24, 2.45) is 0 Å². The number of benzene rings is 3. The molecule has 0 bridgehead atoms. The largest absolute Gasteiger partial charge is 0.393 e. The summed E-state index contributed by atoms with van der Waals surface area (Å²) in [6.45, 7) is 1.85. The molecule has 1 unspecified atom stereocenters. The molecule has 0 spiro atoms. The van der Waals surface area contributed by atoms with Gasteiger partial charge in [-0.05, 0) is 23.6 Å². The Kier molecular flexibility index (Phi) is 5.39. The predicted octanol–water partition coefficient (Wildman–Crippen LogP) is 5.09. The molecule has 0 heterocycles. The van der Waals surface area contributed by atoms with Crippen LogP contribution in [0, 0.1) is 0 Å². The third kappa shape index (κ3) is 3.40. The van der Waals surface area contributed by atoms with Crippen molar-refractivity contribution in [1.82, 2.24) is 0 Å². The zero-order valence-corrected chi connectivity index (χ0v) is 14.6. The van der Waals surface area contributed by atoms with Gasteiger partial charge in [-0.3, -0.25) is 0 Å². The van der Waals surface area contributed by atoms with Gasteiger partial charge in [0.2, 0.25) is 0 Å². The van der Waals surface area contributed by atoms with Gasteiger partial charge in [0.15, 0.2) is 0 Å². The highest BCUT2D eigenvalue weighted by Gasteiger charge is 2.36. The molecule has 2 heteroatoms. The molecule has 0 fully saturated rings. The van der Waals surface area contributed by atoms with Crippen molar-refractivity contribution >= 4 is 11.8 Å². The fourth-order valence-electron chi connectivity index (χ4n) is 3.01. The van der Waals surface area contributed by atoms with Crippen molar-refractivity contribution in [3.63, 3.8) is 0 Å². The van der Waals surface area contributed by atoms with E-state index < -0.39 is 0 Å². The van der Waals surface area contributed by atoms with Gasteiger partial charge in [-0.2, -0.15) is 0 Å². The van der Waals surface area contributed by atoms with E-state index in [0.717, 1.165) is 0 Å². The van der Waals surface area contributed by atoms with Gasteiger partial charge >= 0.3 is 0 Å². The van der Waals surface area contributed by atoms with Gasteiger partial charge in [0.05, 0.1) is 10.9 Å². The first-order valence-electron chi connectivity index (χ1n) is 8.22. The normalized spacial score (nSPS) is 12.8. The van der Waals surface area contributed by atoms with Crippen molar-refractivity contribution in [2.75, 3.05) is 5.75 Å². The van der Waals surface area contributed by atoms with E-state index in [9.17, 15) is 5.11 Å². The SMILES string of the molecule is CC(O)CSC(c1ccccc1)(c1ccccc1)c1ccccc1. The Balaban J connectivity index is 2.24. The topological polar surface area (TPSA) is 20.2 Å². The van der Waals surface area contributed by atoms with Gasteiger partial charge in [-0.1, -0.05) is 91.0 Å². The zero-order valence-electron chi connectivity index (χ0n) is 13.8. The first kappa shape index (κ1) is 16.8. The highest BCUT2D eigenvalue weighted by atomic mass is 32.2. The van der Waals surface area contributed by atoms with Crippen LogP contribution in [0.15, 0.2) is 91.0 Å². The summed E-state index contributed by atoms with van der Waals surface area (Å²) in [5, 5.41) is 9.94. The summed E-state index contributed by atoms with van der Waals surface area (Å²) in [6.07, 6.45) is -0.356. The predicted molar refractivity (Wildman–Crippen MR) is 103 cm³/mol. The zero-order chi connectivity index (χ0) is 16.8. The second-order valence-electron chi connectivity index (χ2n) is 5.94. The van der Waals surface area contributed by atoms with Crippen LogP contribution < -0.4 is 0 Å². The summed E-state index contributed by atoms with van der Waals surface area (Å²) in [7, 11) is 0. The second-order valence-corrected chi connectivity index (χ2v) is 7.17. The van der Waals surface area contributed by atoms with Crippen LogP contribution in [0.25, 0.3) is 0 Å². The minimum absolute atomic E-state index is 0.333. The Morgan fingerprint density at radius 2 is 1.04 bits per heavy atom. The molecule has 1 nitrogen and oxygen atoms in total. The van der Waals surface area contributed by atoms with Crippen LogP contribution in [-0.2, 0) is 4.75 Å². The number of aliphatic hydroxyl groups is 1. The Morgan fingerprint density at radius 1 is 0.708 bits per heavy atom. The fraction of sp³-hybridized carbons (Fsp3) is 0.182. The Hall–Kier alpha value is -2.03. The molecular weight excluding hydrogens is 312 g/mol. The lowest BCUT2D eigenvalue weighted by atomic mass is 9.84. The molecule has 0 aliphatic heterocycles. The standard InChI is InChI=1S/C22H22OS/c1-18(23)17-24-22(19-11-5-2-6-12-19,20-13-7-3-8-14-20)21-15-9-4-10-16-21/h2-16,18,23H,17H2,1H3. The number of aliphatic hydroxyl groups excluding tert-OH is 1. The van der Waals surface area contributed by atoms with Crippen LogP contribution in [0.3, 0.4) is 0 Å². The van der Waals surface area contributed by atoms with Gasteiger partial charge in [0.1, 0.15) is 0 Å². The minimum Gasteiger partial charge on any atom is -0.393 e. The quantitative estimate of drug-likeness (QED) is 0.633. The maximum Gasteiger partial charge on any atom is 0.0907 e. The van der Waals surface area contributed by atoms with Crippen LogP contribution in [-0.4, -0.2) is 17.0 Å². The van der Waals surface area contributed by atoms with Crippen molar-refractivity contribution in [3.8, 4) is 0 Å². The van der Waals surface area contributed by atoms with Gasteiger partial charge in [-0.15, -0.1) is 11.8 Å². The molecule has 0 amide bonds. The molecular formula is C22H22OS. The summed E-state index contributed by atoms with van der Waals surface area (Å²) in [5.41, 5.74) is 3.69. The van der Waals surface area contributed by atoms with E-state index in [1.807, 2.05) is 25.1 Å². The van der Waals surface area contributed by atoms with Crippen molar-refractivity contribution in [3.05, 3.63) is 108 Å². The average Bonchev–Trinajstić information content (AvgIpc) is 2.65. The van der Waals surface area contributed by atoms with Crippen molar-refractivity contribution in [1.29, 1.82) is 0 Å². The monoisotopic (exact) mass is 334 g/mol. The first-order chi connectivity index (χ1) is 11.7. The van der Waals surface area contributed by atoms with Crippen LogP contribution in [0.4, 0.5) is 0 Å². The first-order valence-corrected chi connectivity index (χ1v) is 9.20. The number of hydrogen-bond donors (Lipinski definition) is 1. The van der Waals surface area contributed by atoms with E-state index in [4.69, 9.17) is 0 Å². The molecule has 0 aliphatic rings. The van der Waals surface area contributed by atoms with Crippen LogP contribution in [0.2, 0.25) is 0 Å². The van der Waals surface area contributed by atoms with Gasteiger partial charge < -0.3 is 5.11 Å². The molecule has 3 rings (SSSR count). The second kappa shape index (κ2) is 7.69. The molecule has 24 heavy (non-hydrogen) atoms. The van der Waals surface area contributed by atoms with E-state index in [1.165, 1.54) is 16.7 Å². The minimum atomic E-state index is -0.356. The lowest BCUT2D eigenvalue weighted by Crippen LogP contribution is -2.27. The Labute approximate surface area is 148 Å². The summed E-state index contributed by atoms with van der Waals surface area (Å²) < 4.78 is -0.333. The number of rotatable bonds is 6. The highest BCUT2D eigenvalue weighted by molar-refractivity contribution is 8.00. The number of thioether (sulfide) groups is 1. The van der Waals surface area contributed by atoms with Gasteiger partial charge in [0, 0.05) is 5.75 Å².